The summed E-state index contributed by atoms with van der Waals surface area (Å²) < 4.78 is 5.25. The van der Waals surface area contributed by atoms with E-state index in [4.69, 9.17) is 4.74 Å². The lowest BCUT2D eigenvalue weighted by atomic mass is 10.0. The van der Waals surface area contributed by atoms with Crippen molar-refractivity contribution in [3.05, 3.63) is 65.2 Å². The fourth-order valence-electron chi connectivity index (χ4n) is 2.31. The number of ether oxygens (including phenoxy) is 1. The Hall–Kier alpha value is -2.95. The summed E-state index contributed by atoms with van der Waals surface area (Å²) in [6.07, 6.45) is 0.0167. The minimum absolute atomic E-state index is 0.191. The van der Waals surface area contributed by atoms with Gasteiger partial charge in [-0.15, -0.1) is 0 Å². The zero-order chi connectivity index (χ0) is 18.4. The van der Waals surface area contributed by atoms with E-state index in [1.807, 2.05) is 19.1 Å². The van der Waals surface area contributed by atoms with Crippen molar-refractivity contribution in [3.8, 4) is 0 Å². The number of ketones is 1. The molecule has 1 N–H and O–H groups in total. The average molecular weight is 339 g/mol. The predicted molar refractivity (Wildman–Crippen MR) is 95.8 cm³/mol. The number of hydrogen-bond acceptors (Lipinski definition) is 4. The number of rotatable bonds is 6. The Morgan fingerprint density at radius 3 is 2.04 bits per heavy atom. The van der Waals surface area contributed by atoms with Crippen molar-refractivity contribution in [2.75, 3.05) is 5.32 Å². The van der Waals surface area contributed by atoms with Gasteiger partial charge in [-0.3, -0.25) is 9.59 Å². The molecular formula is C20H21NO4. The van der Waals surface area contributed by atoms with E-state index in [0.29, 0.717) is 16.8 Å². The van der Waals surface area contributed by atoms with E-state index in [2.05, 4.69) is 5.32 Å². The first-order valence-corrected chi connectivity index (χ1v) is 8.12. The lowest BCUT2D eigenvalue weighted by Crippen LogP contribution is -2.24. The summed E-state index contributed by atoms with van der Waals surface area (Å²) in [6, 6.07) is 13.6. The second kappa shape index (κ2) is 8.24. The van der Waals surface area contributed by atoms with Gasteiger partial charge < -0.3 is 10.1 Å². The molecule has 0 heterocycles. The number of carbonyl (C=O) groups excluding carboxylic acids is 3. The molecule has 2 aromatic carbocycles. The number of Topliss-reactive ketones (excluding diaryl/α,β-unsaturated/α-hetero) is 1. The monoisotopic (exact) mass is 339 g/mol. The lowest BCUT2D eigenvalue weighted by molar-refractivity contribution is -0.114. The molecule has 0 radical (unpaired) electrons. The Kier molecular flexibility index (Phi) is 6.06. The largest absolute Gasteiger partial charge is 0.451 e. The maximum Gasteiger partial charge on any atom is 0.338 e. The quantitative estimate of drug-likeness (QED) is 0.644. The van der Waals surface area contributed by atoms with Gasteiger partial charge in [0.15, 0.2) is 6.10 Å². The summed E-state index contributed by atoms with van der Waals surface area (Å²) in [5, 5.41) is 2.62. The van der Waals surface area contributed by atoms with Crippen LogP contribution in [0.5, 0.6) is 0 Å². The Balaban J connectivity index is 2.00. The molecule has 5 nitrogen and oxygen atoms in total. The van der Waals surface area contributed by atoms with Crippen molar-refractivity contribution >= 4 is 23.3 Å². The van der Waals surface area contributed by atoms with Crippen LogP contribution in [0, 0.1) is 0 Å². The molecule has 0 aliphatic heterocycles. The summed E-state index contributed by atoms with van der Waals surface area (Å²) in [7, 11) is 0. The first kappa shape index (κ1) is 18.4. The van der Waals surface area contributed by atoms with Crippen molar-refractivity contribution in [2.24, 2.45) is 0 Å². The van der Waals surface area contributed by atoms with E-state index in [1.165, 1.54) is 6.92 Å². The van der Waals surface area contributed by atoms with E-state index in [1.54, 1.807) is 43.3 Å². The summed E-state index contributed by atoms with van der Waals surface area (Å²) >= 11 is 0. The smallest absolute Gasteiger partial charge is 0.338 e. The number of aryl methyl sites for hydroxylation is 1. The molecule has 0 bridgehead atoms. The fraction of sp³-hybridized carbons (Fsp3) is 0.250. The third-order valence-electron chi connectivity index (χ3n) is 3.74. The molecule has 0 unspecified atom stereocenters. The summed E-state index contributed by atoms with van der Waals surface area (Å²) in [5.41, 5.74) is 2.55. The number of carbonyl (C=O) groups is 3. The van der Waals surface area contributed by atoms with E-state index in [-0.39, 0.29) is 11.7 Å². The Morgan fingerprint density at radius 2 is 1.52 bits per heavy atom. The van der Waals surface area contributed by atoms with Crippen LogP contribution in [-0.4, -0.2) is 23.8 Å². The molecule has 0 spiro atoms. The molecule has 0 aliphatic rings. The van der Waals surface area contributed by atoms with Crippen molar-refractivity contribution < 1.29 is 19.1 Å². The van der Waals surface area contributed by atoms with Gasteiger partial charge in [-0.05, 0) is 43.2 Å². The van der Waals surface area contributed by atoms with Gasteiger partial charge in [-0.2, -0.15) is 0 Å². The predicted octanol–water partition coefficient (Wildman–Crippen LogP) is 3.64. The third-order valence-corrected chi connectivity index (χ3v) is 3.74. The molecule has 1 amide bonds. The molecule has 0 saturated heterocycles. The lowest BCUT2D eigenvalue weighted by Gasteiger charge is -2.13. The van der Waals surface area contributed by atoms with Gasteiger partial charge in [0.1, 0.15) is 0 Å². The van der Waals surface area contributed by atoms with Crippen molar-refractivity contribution in [1.29, 1.82) is 0 Å². The van der Waals surface area contributed by atoms with Crippen LogP contribution in [0.3, 0.4) is 0 Å². The molecule has 0 saturated carbocycles. The highest BCUT2D eigenvalue weighted by atomic mass is 16.5. The molecular weight excluding hydrogens is 318 g/mol. The number of benzene rings is 2. The normalized spacial score (nSPS) is 11.5. The first-order valence-electron chi connectivity index (χ1n) is 8.12. The van der Waals surface area contributed by atoms with Crippen LogP contribution in [0.1, 0.15) is 47.1 Å². The van der Waals surface area contributed by atoms with Crippen LogP contribution in [0.4, 0.5) is 5.69 Å². The molecule has 0 fully saturated rings. The highest BCUT2D eigenvalue weighted by Gasteiger charge is 2.20. The van der Waals surface area contributed by atoms with Gasteiger partial charge in [0.2, 0.25) is 11.7 Å². The molecule has 2 aromatic rings. The van der Waals surface area contributed by atoms with Crippen LogP contribution in [0.15, 0.2) is 48.5 Å². The van der Waals surface area contributed by atoms with Gasteiger partial charge in [0, 0.05) is 18.2 Å². The van der Waals surface area contributed by atoms with E-state index >= 15 is 0 Å². The van der Waals surface area contributed by atoms with Crippen molar-refractivity contribution in [1.82, 2.24) is 0 Å². The number of nitrogens with one attached hydrogen (secondary N) is 1. The Morgan fingerprint density at radius 1 is 0.960 bits per heavy atom. The van der Waals surface area contributed by atoms with Crippen LogP contribution < -0.4 is 5.32 Å². The van der Waals surface area contributed by atoms with E-state index < -0.39 is 12.1 Å². The standard InChI is InChI=1S/C20H21NO4/c1-4-15-5-7-16(8-6-15)19(23)13(2)25-20(24)17-9-11-18(12-10-17)21-14(3)22/h5-13H,4H2,1-3H3,(H,21,22)/t13-/m1/s1. The minimum Gasteiger partial charge on any atom is -0.451 e. The zero-order valence-electron chi connectivity index (χ0n) is 14.5. The van der Waals surface area contributed by atoms with Crippen molar-refractivity contribution in [2.45, 2.75) is 33.3 Å². The second-order valence-electron chi connectivity index (χ2n) is 5.72. The maximum absolute atomic E-state index is 12.4. The molecule has 5 heteroatoms. The molecule has 0 aliphatic carbocycles. The molecule has 0 aromatic heterocycles. The Bertz CT molecular complexity index is 763. The van der Waals surface area contributed by atoms with Gasteiger partial charge in [0.05, 0.1) is 5.56 Å². The number of esters is 1. The molecule has 1 atom stereocenters. The Labute approximate surface area is 147 Å². The first-order chi connectivity index (χ1) is 11.9. The zero-order valence-corrected chi connectivity index (χ0v) is 14.5. The third kappa shape index (κ3) is 5.01. The van der Waals surface area contributed by atoms with Gasteiger partial charge in [0.25, 0.3) is 0 Å². The summed E-state index contributed by atoms with van der Waals surface area (Å²) in [5.74, 6) is -1.02. The van der Waals surface area contributed by atoms with Crippen molar-refractivity contribution in [3.63, 3.8) is 0 Å². The van der Waals surface area contributed by atoms with Crippen LogP contribution >= 0.6 is 0 Å². The van der Waals surface area contributed by atoms with Gasteiger partial charge in [-0.1, -0.05) is 31.2 Å². The molecule has 25 heavy (non-hydrogen) atoms. The summed E-state index contributed by atoms with van der Waals surface area (Å²) in [6.45, 7) is 5.00. The number of amides is 1. The van der Waals surface area contributed by atoms with Crippen LogP contribution in [0.2, 0.25) is 0 Å². The number of anilines is 1. The molecule has 130 valence electrons. The fourth-order valence-corrected chi connectivity index (χ4v) is 2.31. The second-order valence-corrected chi connectivity index (χ2v) is 5.72. The maximum atomic E-state index is 12.4. The van der Waals surface area contributed by atoms with Gasteiger partial charge in [-0.25, -0.2) is 4.79 Å². The van der Waals surface area contributed by atoms with Crippen LogP contribution in [-0.2, 0) is 16.0 Å². The van der Waals surface area contributed by atoms with Gasteiger partial charge >= 0.3 is 5.97 Å². The highest BCUT2D eigenvalue weighted by molar-refractivity contribution is 6.01. The summed E-state index contributed by atoms with van der Waals surface area (Å²) in [4.78, 5) is 35.5. The molecule has 2 rings (SSSR count). The minimum atomic E-state index is -0.880. The van der Waals surface area contributed by atoms with Crippen LogP contribution in [0.25, 0.3) is 0 Å². The number of hydrogen-bond donors (Lipinski definition) is 1. The van der Waals surface area contributed by atoms with E-state index in [0.717, 1.165) is 12.0 Å². The SMILES string of the molecule is CCc1ccc(C(=O)[C@@H](C)OC(=O)c2ccc(NC(C)=O)cc2)cc1. The average Bonchev–Trinajstić information content (AvgIpc) is 2.61. The topological polar surface area (TPSA) is 72.5 Å². The van der Waals surface area contributed by atoms with E-state index in [9.17, 15) is 14.4 Å². The highest BCUT2D eigenvalue weighted by Crippen LogP contribution is 2.14.